The molecule has 0 saturated carbocycles. The number of ether oxygens (including phenoxy) is 1. The van der Waals surface area contributed by atoms with Gasteiger partial charge in [-0.25, -0.2) is 9.78 Å². The highest BCUT2D eigenvalue weighted by Gasteiger charge is 2.14. The number of aromatic carboxylic acids is 1. The smallest absolute Gasteiger partial charge is 0.336 e. The summed E-state index contributed by atoms with van der Waals surface area (Å²) in [5.74, 6) is -0.372. The van der Waals surface area contributed by atoms with Crippen molar-refractivity contribution < 1.29 is 14.6 Å². The van der Waals surface area contributed by atoms with Crippen LogP contribution in [-0.4, -0.2) is 27.7 Å². The second-order valence-corrected chi connectivity index (χ2v) is 4.69. The Labute approximate surface area is 127 Å². The van der Waals surface area contributed by atoms with Crippen LogP contribution in [0, 0.1) is 0 Å². The molecule has 3 rings (SSSR count). The number of carboxylic acids is 1. The lowest BCUT2D eigenvalue weighted by atomic mass is 10.1. The van der Waals surface area contributed by atoms with Crippen molar-refractivity contribution in [2.45, 2.75) is 6.92 Å². The first-order valence-electron chi connectivity index (χ1n) is 6.91. The summed E-state index contributed by atoms with van der Waals surface area (Å²) in [5, 5.41) is 10.0. The summed E-state index contributed by atoms with van der Waals surface area (Å²) >= 11 is 0. The van der Waals surface area contributed by atoms with Crippen LogP contribution in [0.4, 0.5) is 0 Å². The first-order valence-corrected chi connectivity index (χ1v) is 6.91. The summed E-state index contributed by atoms with van der Waals surface area (Å²) in [6.45, 7) is 2.40. The molecular weight excluding hydrogens is 280 g/mol. The summed E-state index contributed by atoms with van der Waals surface area (Å²) in [4.78, 5) is 20.3. The van der Waals surface area contributed by atoms with E-state index in [2.05, 4.69) is 9.97 Å². The Hall–Kier alpha value is -2.95. The molecule has 3 aromatic rings. The summed E-state index contributed by atoms with van der Waals surface area (Å²) in [6, 6.07) is 12.2. The van der Waals surface area contributed by atoms with Gasteiger partial charge in [0.25, 0.3) is 0 Å². The van der Waals surface area contributed by atoms with Gasteiger partial charge < -0.3 is 9.84 Å². The zero-order valence-corrected chi connectivity index (χ0v) is 12.0. The Balaban J connectivity index is 2.23. The highest BCUT2D eigenvalue weighted by atomic mass is 16.5. The molecule has 0 amide bonds. The molecule has 0 radical (unpaired) electrons. The van der Waals surface area contributed by atoms with Crippen molar-refractivity contribution in [3.63, 3.8) is 0 Å². The third kappa shape index (κ3) is 2.61. The number of pyridine rings is 2. The van der Waals surface area contributed by atoms with Gasteiger partial charge in [0.1, 0.15) is 5.75 Å². The molecule has 0 unspecified atom stereocenters. The number of hydrogen-bond donors (Lipinski definition) is 1. The zero-order chi connectivity index (χ0) is 15.5. The molecule has 22 heavy (non-hydrogen) atoms. The van der Waals surface area contributed by atoms with E-state index in [0.29, 0.717) is 34.6 Å². The van der Waals surface area contributed by atoms with Gasteiger partial charge in [0.15, 0.2) is 0 Å². The second kappa shape index (κ2) is 5.81. The first kappa shape index (κ1) is 14.0. The Morgan fingerprint density at radius 1 is 1.18 bits per heavy atom. The van der Waals surface area contributed by atoms with E-state index in [4.69, 9.17) is 4.74 Å². The number of rotatable bonds is 4. The van der Waals surface area contributed by atoms with Crippen molar-refractivity contribution in [3.05, 3.63) is 54.2 Å². The average Bonchev–Trinajstić information content (AvgIpc) is 2.55. The van der Waals surface area contributed by atoms with Gasteiger partial charge in [-0.05, 0) is 43.3 Å². The summed E-state index contributed by atoms with van der Waals surface area (Å²) < 4.78 is 5.43. The molecule has 1 aromatic carbocycles. The van der Waals surface area contributed by atoms with Crippen molar-refractivity contribution in [3.8, 4) is 17.1 Å². The van der Waals surface area contributed by atoms with E-state index in [9.17, 15) is 9.90 Å². The maximum Gasteiger partial charge on any atom is 0.336 e. The van der Waals surface area contributed by atoms with Gasteiger partial charge in [-0.1, -0.05) is 6.07 Å². The minimum atomic E-state index is -1.00. The summed E-state index contributed by atoms with van der Waals surface area (Å²) in [7, 11) is 0. The highest BCUT2D eigenvalue weighted by molar-refractivity contribution is 6.04. The predicted octanol–water partition coefficient (Wildman–Crippen LogP) is 3.39. The van der Waals surface area contributed by atoms with E-state index >= 15 is 0 Å². The van der Waals surface area contributed by atoms with Crippen LogP contribution in [0.25, 0.3) is 22.3 Å². The molecule has 2 aromatic heterocycles. The van der Waals surface area contributed by atoms with Crippen LogP contribution in [0.2, 0.25) is 0 Å². The molecule has 110 valence electrons. The van der Waals surface area contributed by atoms with Crippen molar-refractivity contribution in [1.29, 1.82) is 0 Å². The van der Waals surface area contributed by atoms with Crippen molar-refractivity contribution in [2.75, 3.05) is 6.61 Å². The lowest BCUT2D eigenvalue weighted by Gasteiger charge is -2.09. The summed E-state index contributed by atoms with van der Waals surface area (Å²) in [6.07, 6.45) is 1.65. The molecule has 0 aliphatic rings. The van der Waals surface area contributed by atoms with Gasteiger partial charge in [0.05, 0.1) is 29.1 Å². The molecule has 2 heterocycles. The lowest BCUT2D eigenvalue weighted by molar-refractivity contribution is 0.0699. The Morgan fingerprint density at radius 2 is 2.05 bits per heavy atom. The highest BCUT2D eigenvalue weighted by Crippen LogP contribution is 2.27. The molecule has 0 fully saturated rings. The molecule has 5 heteroatoms. The number of benzene rings is 1. The van der Waals surface area contributed by atoms with Gasteiger partial charge in [0, 0.05) is 11.6 Å². The predicted molar refractivity (Wildman–Crippen MR) is 83.1 cm³/mol. The van der Waals surface area contributed by atoms with Crippen LogP contribution < -0.4 is 4.74 Å². The lowest BCUT2D eigenvalue weighted by Crippen LogP contribution is -2.01. The average molecular weight is 294 g/mol. The molecule has 1 N–H and O–H groups in total. The van der Waals surface area contributed by atoms with Crippen LogP contribution in [0.3, 0.4) is 0 Å². The molecule has 0 aliphatic carbocycles. The Bertz CT molecular complexity index is 832. The summed E-state index contributed by atoms with van der Waals surface area (Å²) in [5.41, 5.74) is 1.96. The largest absolute Gasteiger partial charge is 0.494 e. The van der Waals surface area contributed by atoms with Gasteiger partial charge >= 0.3 is 5.97 Å². The fourth-order valence-electron chi connectivity index (χ4n) is 2.28. The zero-order valence-electron chi connectivity index (χ0n) is 12.0. The third-order valence-electron chi connectivity index (χ3n) is 3.25. The third-order valence-corrected chi connectivity index (χ3v) is 3.25. The second-order valence-electron chi connectivity index (χ2n) is 4.69. The van der Waals surface area contributed by atoms with E-state index < -0.39 is 5.97 Å². The molecule has 0 spiro atoms. The van der Waals surface area contributed by atoms with Gasteiger partial charge in [0.2, 0.25) is 0 Å². The standard InChI is InChI=1S/C17H14N2O3/c1-2-22-11-6-7-14-12(9-11)13(17(20)21)10-16(19-14)15-5-3-4-8-18-15/h3-10H,2H2,1H3,(H,20,21). The SMILES string of the molecule is CCOc1ccc2nc(-c3ccccn3)cc(C(=O)O)c2c1. The van der Waals surface area contributed by atoms with Crippen molar-refractivity contribution in [2.24, 2.45) is 0 Å². The van der Waals surface area contributed by atoms with Crippen molar-refractivity contribution in [1.82, 2.24) is 9.97 Å². The van der Waals surface area contributed by atoms with Gasteiger partial charge in [-0.2, -0.15) is 0 Å². The molecule has 5 nitrogen and oxygen atoms in total. The number of fused-ring (bicyclic) bond motifs is 1. The normalized spacial score (nSPS) is 10.6. The van der Waals surface area contributed by atoms with Crippen LogP contribution in [0.1, 0.15) is 17.3 Å². The first-order chi connectivity index (χ1) is 10.7. The van der Waals surface area contributed by atoms with E-state index in [1.54, 1.807) is 42.6 Å². The van der Waals surface area contributed by atoms with Gasteiger partial charge in [-0.15, -0.1) is 0 Å². The maximum atomic E-state index is 11.6. The van der Waals surface area contributed by atoms with Crippen LogP contribution >= 0.6 is 0 Å². The minimum absolute atomic E-state index is 0.187. The van der Waals surface area contributed by atoms with Crippen LogP contribution in [-0.2, 0) is 0 Å². The fourth-order valence-corrected chi connectivity index (χ4v) is 2.28. The van der Waals surface area contributed by atoms with E-state index in [-0.39, 0.29) is 5.56 Å². The number of nitrogens with zero attached hydrogens (tertiary/aromatic N) is 2. The number of hydrogen-bond acceptors (Lipinski definition) is 4. The van der Waals surface area contributed by atoms with Gasteiger partial charge in [-0.3, -0.25) is 4.98 Å². The Morgan fingerprint density at radius 3 is 2.73 bits per heavy atom. The van der Waals surface area contributed by atoms with E-state index in [1.165, 1.54) is 0 Å². The van der Waals surface area contributed by atoms with E-state index in [1.807, 2.05) is 13.0 Å². The van der Waals surface area contributed by atoms with Crippen molar-refractivity contribution >= 4 is 16.9 Å². The van der Waals surface area contributed by atoms with Crippen LogP contribution in [0.5, 0.6) is 5.75 Å². The van der Waals surface area contributed by atoms with E-state index in [0.717, 1.165) is 0 Å². The molecule has 0 aliphatic heterocycles. The number of carbonyl (C=O) groups is 1. The quantitative estimate of drug-likeness (QED) is 0.798. The topological polar surface area (TPSA) is 72.3 Å². The van der Waals surface area contributed by atoms with Crippen LogP contribution in [0.15, 0.2) is 48.7 Å². The molecule has 0 bridgehead atoms. The molecule has 0 atom stereocenters. The maximum absolute atomic E-state index is 11.6. The minimum Gasteiger partial charge on any atom is -0.494 e. The molecular formula is C17H14N2O3. The monoisotopic (exact) mass is 294 g/mol. The fraction of sp³-hybridized carbons (Fsp3) is 0.118. The number of carboxylic acid groups (broad SMARTS) is 1. The molecule has 0 saturated heterocycles. The Kier molecular flexibility index (Phi) is 3.70. The number of aromatic nitrogens is 2.